The Morgan fingerprint density at radius 1 is 1.14 bits per heavy atom. The molecular formula is C28H37N3O10S. The maximum absolute atomic E-state index is 13.6. The highest BCUT2D eigenvalue weighted by molar-refractivity contribution is 7.89. The number of hydroxylamine groups is 1. The first-order valence-corrected chi connectivity index (χ1v) is 15.4. The first kappa shape index (κ1) is 31.8. The second-order valence-electron chi connectivity index (χ2n) is 10.3. The van der Waals surface area contributed by atoms with E-state index >= 15 is 0 Å². The minimum atomic E-state index is -4.36. The summed E-state index contributed by atoms with van der Waals surface area (Å²) in [6.07, 6.45) is -1.76. The summed E-state index contributed by atoms with van der Waals surface area (Å²) in [7, 11) is -4.36. The smallest absolute Gasteiger partial charge is 0.407 e. The van der Waals surface area contributed by atoms with Gasteiger partial charge in [0.05, 0.1) is 53.7 Å². The molecule has 0 saturated carbocycles. The van der Waals surface area contributed by atoms with E-state index < -0.39 is 58.2 Å². The fourth-order valence-corrected chi connectivity index (χ4v) is 6.26. The van der Waals surface area contributed by atoms with Crippen molar-refractivity contribution < 1.29 is 42.3 Å². The van der Waals surface area contributed by atoms with E-state index in [4.69, 9.17) is 19.0 Å². The maximum atomic E-state index is 13.6. The summed E-state index contributed by atoms with van der Waals surface area (Å²) >= 11 is 0. The Kier molecular flexibility index (Phi) is 10.9. The molecular weight excluding hydrogens is 570 g/mol. The van der Waals surface area contributed by atoms with Gasteiger partial charge in [0, 0.05) is 12.1 Å². The predicted molar refractivity (Wildman–Crippen MR) is 150 cm³/mol. The first-order valence-electron chi connectivity index (χ1n) is 14.0. The Morgan fingerprint density at radius 2 is 1.83 bits per heavy atom. The number of nitrogens with zero attached hydrogens (tertiary/aromatic N) is 2. The molecule has 230 valence electrons. The number of nitrogens with one attached hydrogen (secondary N) is 1. The average Bonchev–Trinajstić information content (AvgIpc) is 3.60. The molecule has 0 aromatic heterocycles. The molecule has 42 heavy (non-hydrogen) atoms. The van der Waals surface area contributed by atoms with Crippen LogP contribution in [0.4, 0.5) is 10.5 Å². The molecule has 1 amide bonds. The number of sulfonamides is 1. The van der Waals surface area contributed by atoms with Gasteiger partial charge in [0.1, 0.15) is 6.10 Å². The van der Waals surface area contributed by atoms with Crippen molar-refractivity contribution in [1.29, 1.82) is 0 Å². The summed E-state index contributed by atoms with van der Waals surface area (Å²) in [5.74, 6) is -0.0796. The summed E-state index contributed by atoms with van der Waals surface area (Å²) in [6.45, 7) is 3.85. The quantitative estimate of drug-likeness (QED) is 0.241. The van der Waals surface area contributed by atoms with Crippen molar-refractivity contribution in [2.45, 2.75) is 75.1 Å². The van der Waals surface area contributed by atoms with Gasteiger partial charge >= 0.3 is 6.09 Å². The Balaban J connectivity index is 1.55. The zero-order valence-corrected chi connectivity index (χ0v) is 24.4. The third-order valence-corrected chi connectivity index (χ3v) is 9.08. The van der Waals surface area contributed by atoms with Gasteiger partial charge in [-0.25, -0.2) is 13.2 Å². The van der Waals surface area contributed by atoms with Gasteiger partial charge < -0.3 is 24.6 Å². The number of benzene rings is 2. The zero-order chi connectivity index (χ0) is 30.3. The minimum absolute atomic E-state index is 0.0796. The third kappa shape index (κ3) is 7.82. The standard InChI is InChI=1S/C28H37N3O10S/c1-3-21(4-2)41-30(42(36,37)22-12-10-20(11-13-22)31(34)35)17-25(32)24(16-19-8-6-5-7-9-19)29-28(33)40-26-18-39-27-23(26)14-15-38-27/h5-13,21,23-27,32H,3-4,14-18H2,1-2H3,(H,29,33)/t23-,24-,25+,26-,27+/m0/s1. The fraction of sp³-hybridized carbons (Fsp3) is 0.536. The van der Waals surface area contributed by atoms with Crippen molar-refractivity contribution in [3.63, 3.8) is 0 Å². The normalized spacial score (nSPS) is 21.7. The molecule has 0 radical (unpaired) electrons. The van der Waals surface area contributed by atoms with E-state index in [0.717, 1.165) is 29.8 Å². The lowest BCUT2D eigenvalue weighted by molar-refractivity contribution is -0.384. The molecule has 2 N–H and O–H groups in total. The largest absolute Gasteiger partial charge is 0.443 e. The number of nitro benzene ring substituents is 1. The predicted octanol–water partition coefficient (Wildman–Crippen LogP) is 3.17. The summed E-state index contributed by atoms with van der Waals surface area (Å²) in [4.78, 5) is 29.0. The van der Waals surface area contributed by atoms with Crippen LogP contribution in [-0.4, -0.2) is 79.4 Å². The van der Waals surface area contributed by atoms with Gasteiger partial charge in [0.25, 0.3) is 15.7 Å². The number of fused-ring (bicyclic) bond motifs is 1. The molecule has 2 fully saturated rings. The van der Waals surface area contributed by atoms with Crippen molar-refractivity contribution in [3.05, 3.63) is 70.3 Å². The maximum Gasteiger partial charge on any atom is 0.407 e. The number of aliphatic hydroxyl groups excluding tert-OH is 1. The van der Waals surface area contributed by atoms with E-state index in [-0.39, 0.29) is 29.5 Å². The van der Waals surface area contributed by atoms with Crippen LogP contribution in [0.5, 0.6) is 0 Å². The summed E-state index contributed by atoms with van der Waals surface area (Å²) in [6, 6.07) is 12.5. The summed E-state index contributed by atoms with van der Waals surface area (Å²) in [5.41, 5.74) is 0.524. The first-order chi connectivity index (χ1) is 20.1. The highest BCUT2D eigenvalue weighted by atomic mass is 32.2. The minimum Gasteiger partial charge on any atom is -0.443 e. The topological polar surface area (TPSA) is 167 Å². The molecule has 2 heterocycles. The number of carbonyl (C=O) groups excluding carboxylic acids is 1. The van der Waals surface area contributed by atoms with Crippen LogP contribution in [0.2, 0.25) is 0 Å². The molecule has 0 spiro atoms. The average molecular weight is 608 g/mol. The molecule has 5 atom stereocenters. The molecule has 4 rings (SSSR count). The molecule has 0 bridgehead atoms. The lowest BCUT2D eigenvalue weighted by atomic mass is 10.0. The SMILES string of the molecule is CCC(CC)ON(C[C@@H](O)[C@H](Cc1ccccc1)NC(=O)O[C@H]1CO[C@H]2OCC[C@H]21)S(=O)(=O)c1ccc([N+](=O)[O-])cc1. The van der Waals surface area contributed by atoms with E-state index in [0.29, 0.717) is 30.3 Å². The molecule has 13 nitrogen and oxygen atoms in total. The molecule has 0 aliphatic carbocycles. The van der Waals surface area contributed by atoms with Crippen LogP contribution in [0.3, 0.4) is 0 Å². The van der Waals surface area contributed by atoms with Crippen molar-refractivity contribution >= 4 is 21.8 Å². The number of alkyl carbamates (subject to hydrolysis) is 1. The van der Waals surface area contributed by atoms with Crippen molar-refractivity contribution in [2.75, 3.05) is 19.8 Å². The number of carbonyl (C=O) groups is 1. The number of hydrogen-bond acceptors (Lipinski definition) is 10. The van der Waals surface area contributed by atoms with Crippen LogP contribution in [0, 0.1) is 16.0 Å². The number of rotatable bonds is 14. The van der Waals surface area contributed by atoms with Gasteiger partial charge in [-0.3, -0.25) is 15.0 Å². The van der Waals surface area contributed by atoms with Crippen LogP contribution in [0.15, 0.2) is 59.5 Å². The molecule has 2 aromatic carbocycles. The van der Waals surface area contributed by atoms with E-state index in [1.165, 1.54) is 0 Å². The van der Waals surface area contributed by atoms with Gasteiger partial charge in [-0.2, -0.15) is 0 Å². The Morgan fingerprint density at radius 3 is 2.48 bits per heavy atom. The van der Waals surface area contributed by atoms with Crippen molar-refractivity contribution in [3.8, 4) is 0 Å². The highest BCUT2D eigenvalue weighted by Gasteiger charge is 2.44. The van der Waals surface area contributed by atoms with E-state index in [2.05, 4.69) is 5.32 Å². The van der Waals surface area contributed by atoms with Gasteiger partial charge in [0.15, 0.2) is 6.29 Å². The Labute approximate surface area is 244 Å². The Bertz CT molecular complexity index is 1290. The number of nitro groups is 1. The van der Waals surface area contributed by atoms with E-state index in [1.54, 1.807) is 0 Å². The summed E-state index contributed by atoms with van der Waals surface area (Å²) < 4.78 is 44.6. The van der Waals surface area contributed by atoms with Crippen LogP contribution >= 0.6 is 0 Å². The van der Waals surface area contributed by atoms with Crippen LogP contribution < -0.4 is 5.32 Å². The third-order valence-electron chi connectivity index (χ3n) is 7.44. The molecule has 14 heteroatoms. The van der Waals surface area contributed by atoms with Gasteiger partial charge in [0.2, 0.25) is 0 Å². The number of non-ortho nitro benzene ring substituents is 1. The number of amides is 1. The molecule has 2 aliphatic heterocycles. The Hall–Kier alpha value is -3.14. The lowest BCUT2D eigenvalue weighted by Crippen LogP contribution is -2.51. The number of hydrogen-bond donors (Lipinski definition) is 2. The fourth-order valence-electron chi connectivity index (χ4n) is 4.96. The van der Waals surface area contributed by atoms with Crippen LogP contribution in [0.1, 0.15) is 38.7 Å². The zero-order valence-electron chi connectivity index (χ0n) is 23.5. The van der Waals surface area contributed by atoms with Crippen LogP contribution in [-0.2, 0) is 35.5 Å². The molecule has 2 aliphatic rings. The van der Waals surface area contributed by atoms with Gasteiger partial charge in [-0.1, -0.05) is 48.6 Å². The molecule has 2 aromatic rings. The highest BCUT2D eigenvalue weighted by Crippen LogP contribution is 2.33. The second kappa shape index (κ2) is 14.4. The lowest BCUT2D eigenvalue weighted by Gasteiger charge is -2.31. The van der Waals surface area contributed by atoms with Crippen molar-refractivity contribution in [1.82, 2.24) is 9.79 Å². The van der Waals surface area contributed by atoms with E-state index in [9.17, 15) is 28.4 Å². The van der Waals surface area contributed by atoms with Gasteiger partial charge in [-0.15, -0.1) is 0 Å². The van der Waals surface area contributed by atoms with E-state index in [1.807, 2.05) is 44.2 Å². The number of ether oxygens (including phenoxy) is 3. The molecule has 2 saturated heterocycles. The van der Waals surface area contributed by atoms with Gasteiger partial charge in [-0.05, 0) is 43.4 Å². The van der Waals surface area contributed by atoms with Crippen molar-refractivity contribution in [2.24, 2.45) is 5.92 Å². The summed E-state index contributed by atoms with van der Waals surface area (Å²) in [5, 5.41) is 25.2. The molecule has 0 unspecified atom stereocenters. The number of aliphatic hydroxyl groups is 1. The second-order valence-corrected chi connectivity index (χ2v) is 12.1. The monoisotopic (exact) mass is 607 g/mol. The van der Waals surface area contributed by atoms with Crippen LogP contribution in [0.25, 0.3) is 0 Å².